The maximum Gasteiger partial charge on any atom is 0.241 e. The second-order valence-corrected chi connectivity index (χ2v) is 6.88. The molecule has 0 aromatic heterocycles. The molecule has 0 aliphatic heterocycles. The zero-order chi connectivity index (χ0) is 18.1. The third-order valence-electron chi connectivity index (χ3n) is 3.49. The number of aryl methyl sites for hydroxylation is 1. The maximum atomic E-state index is 12.1. The van der Waals surface area contributed by atoms with E-state index in [1.807, 2.05) is 19.1 Å². The topological polar surface area (TPSA) is 64.6 Å². The normalized spacial score (nSPS) is 10.6. The standard InChI is InChI=1S/C19H21NO4S/c1-3-16-10-12-17(13-11-16)25(21,22)20-14-6-7-15-24-19-9-5-4-8-18(19)23-2/h4-5,8-13,20H,3,14-15H2,1-2H3. The molecular formula is C19H21NO4S. The van der Waals surface area contributed by atoms with Crippen LogP contribution in [-0.2, 0) is 16.4 Å². The minimum atomic E-state index is -3.55. The third-order valence-corrected chi connectivity index (χ3v) is 4.90. The number of sulfonamides is 1. The lowest BCUT2D eigenvalue weighted by atomic mass is 10.2. The van der Waals surface area contributed by atoms with E-state index in [1.54, 1.807) is 43.5 Å². The number of nitrogens with one attached hydrogen (secondary N) is 1. The molecule has 0 saturated carbocycles. The van der Waals surface area contributed by atoms with Crippen LogP contribution in [0, 0.1) is 11.8 Å². The number of para-hydroxylation sites is 2. The Hall–Kier alpha value is -2.49. The number of rotatable bonds is 7. The van der Waals surface area contributed by atoms with Crippen molar-refractivity contribution in [3.8, 4) is 23.3 Å². The zero-order valence-corrected chi connectivity index (χ0v) is 15.1. The van der Waals surface area contributed by atoms with Gasteiger partial charge in [-0.05, 0) is 36.2 Å². The lowest BCUT2D eigenvalue weighted by Gasteiger charge is -2.07. The van der Waals surface area contributed by atoms with Crippen molar-refractivity contribution in [1.29, 1.82) is 0 Å². The first-order valence-corrected chi connectivity index (χ1v) is 9.35. The Morgan fingerprint density at radius 3 is 2.32 bits per heavy atom. The molecule has 0 saturated heterocycles. The number of hydrogen-bond donors (Lipinski definition) is 1. The molecule has 0 fully saturated rings. The summed E-state index contributed by atoms with van der Waals surface area (Å²) in [6.45, 7) is 2.19. The van der Waals surface area contributed by atoms with Gasteiger partial charge in [0.25, 0.3) is 0 Å². The molecule has 0 spiro atoms. The van der Waals surface area contributed by atoms with E-state index in [4.69, 9.17) is 9.47 Å². The average Bonchev–Trinajstić information content (AvgIpc) is 2.64. The summed E-state index contributed by atoms with van der Waals surface area (Å²) in [5.41, 5.74) is 1.09. The molecule has 0 bridgehead atoms. The summed E-state index contributed by atoms with van der Waals surface area (Å²) in [5, 5.41) is 0. The Morgan fingerprint density at radius 1 is 1.00 bits per heavy atom. The summed E-state index contributed by atoms with van der Waals surface area (Å²) < 4.78 is 37.4. The minimum absolute atomic E-state index is 0.0210. The van der Waals surface area contributed by atoms with Crippen molar-refractivity contribution in [2.75, 3.05) is 20.3 Å². The second-order valence-electron chi connectivity index (χ2n) is 5.12. The number of hydrogen-bond acceptors (Lipinski definition) is 4. The summed E-state index contributed by atoms with van der Waals surface area (Å²) in [5.74, 6) is 6.73. The monoisotopic (exact) mass is 359 g/mol. The van der Waals surface area contributed by atoms with Gasteiger partial charge in [-0.15, -0.1) is 0 Å². The molecule has 2 aromatic rings. The quantitative estimate of drug-likeness (QED) is 0.772. The molecular weight excluding hydrogens is 338 g/mol. The van der Waals surface area contributed by atoms with E-state index in [-0.39, 0.29) is 18.0 Å². The van der Waals surface area contributed by atoms with Crippen LogP contribution < -0.4 is 14.2 Å². The van der Waals surface area contributed by atoms with Gasteiger partial charge >= 0.3 is 0 Å². The molecule has 0 heterocycles. The van der Waals surface area contributed by atoms with Crippen LogP contribution >= 0.6 is 0 Å². The Balaban J connectivity index is 1.84. The van der Waals surface area contributed by atoms with Crippen molar-refractivity contribution in [1.82, 2.24) is 4.72 Å². The molecule has 0 aliphatic carbocycles. The van der Waals surface area contributed by atoms with E-state index in [2.05, 4.69) is 16.6 Å². The van der Waals surface area contributed by atoms with Crippen molar-refractivity contribution < 1.29 is 17.9 Å². The van der Waals surface area contributed by atoms with Crippen LogP contribution in [0.3, 0.4) is 0 Å². The Bertz CT molecular complexity index is 849. The predicted octanol–water partition coefficient (Wildman–Crippen LogP) is 2.62. The fourth-order valence-corrected chi connectivity index (χ4v) is 3.01. The largest absolute Gasteiger partial charge is 0.493 e. The van der Waals surface area contributed by atoms with E-state index < -0.39 is 10.0 Å². The summed E-state index contributed by atoms with van der Waals surface area (Å²) in [4.78, 5) is 0.233. The van der Waals surface area contributed by atoms with E-state index in [1.165, 1.54) is 0 Å². The van der Waals surface area contributed by atoms with Crippen molar-refractivity contribution in [3.63, 3.8) is 0 Å². The average molecular weight is 359 g/mol. The van der Waals surface area contributed by atoms with Crippen LogP contribution in [0.15, 0.2) is 53.4 Å². The van der Waals surface area contributed by atoms with E-state index in [9.17, 15) is 8.42 Å². The van der Waals surface area contributed by atoms with Crippen LogP contribution in [0.25, 0.3) is 0 Å². The van der Waals surface area contributed by atoms with Gasteiger partial charge in [-0.3, -0.25) is 0 Å². The predicted molar refractivity (Wildman–Crippen MR) is 97.3 cm³/mol. The summed E-state index contributed by atoms with van der Waals surface area (Å²) in [7, 11) is -1.98. The fraction of sp³-hybridized carbons (Fsp3) is 0.263. The first-order valence-electron chi connectivity index (χ1n) is 7.87. The summed E-state index contributed by atoms with van der Waals surface area (Å²) >= 11 is 0. The van der Waals surface area contributed by atoms with Gasteiger partial charge in [0.1, 0.15) is 6.61 Å². The highest BCUT2D eigenvalue weighted by molar-refractivity contribution is 7.89. The fourth-order valence-electron chi connectivity index (χ4n) is 2.08. The van der Waals surface area contributed by atoms with Crippen LogP contribution in [-0.4, -0.2) is 28.7 Å². The molecule has 0 atom stereocenters. The molecule has 25 heavy (non-hydrogen) atoms. The van der Waals surface area contributed by atoms with Crippen molar-refractivity contribution in [2.24, 2.45) is 0 Å². The van der Waals surface area contributed by atoms with E-state index in [0.717, 1.165) is 12.0 Å². The minimum Gasteiger partial charge on any atom is -0.493 e. The second kappa shape index (κ2) is 9.11. The molecule has 6 heteroatoms. The van der Waals surface area contributed by atoms with Gasteiger partial charge in [-0.2, -0.15) is 4.72 Å². The van der Waals surface area contributed by atoms with Crippen LogP contribution in [0.5, 0.6) is 11.5 Å². The van der Waals surface area contributed by atoms with Crippen molar-refractivity contribution in [2.45, 2.75) is 18.2 Å². The lowest BCUT2D eigenvalue weighted by Crippen LogP contribution is -2.24. The van der Waals surface area contributed by atoms with Crippen LogP contribution in [0.2, 0.25) is 0 Å². The van der Waals surface area contributed by atoms with Gasteiger partial charge in [-0.25, -0.2) is 8.42 Å². The molecule has 5 nitrogen and oxygen atoms in total. The third kappa shape index (κ3) is 5.52. The summed E-state index contributed by atoms with van der Waals surface area (Å²) in [6, 6.07) is 14.1. The first kappa shape index (κ1) is 18.8. The first-order chi connectivity index (χ1) is 12.1. The highest BCUT2D eigenvalue weighted by Crippen LogP contribution is 2.25. The van der Waals surface area contributed by atoms with Gasteiger partial charge in [0.05, 0.1) is 18.6 Å². The van der Waals surface area contributed by atoms with Gasteiger partial charge in [-0.1, -0.05) is 43.0 Å². The highest BCUT2D eigenvalue weighted by Gasteiger charge is 2.12. The molecule has 1 N–H and O–H groups in total. The highest BCUT2D eigenvalue weighted by atomic mass is 32.2. The molecule has 0 unspecified atom stereocenters. The molecule has 132 valence electrons. The van der Waals surface area contributed by atoms with Crippen molar-refractivity contribution >= 4 is 10.0 Å². The van der Waals surface area contributed by atoms with Gasteiger partial charge in [0.2, 0.25) is 10.0 Å². The molecule has 0 amide bonds. The Labute approximate surface area is 149 Å². The zero-order valence-electron chi connectivity index (χ0n) is 14.3. The number of methoxy groups -OCH3 is 1. The SMILES string of the molecule is CCc1ccc(S(=O)(=O)NCC#CCOc2ccccc2OC)cc1. The Kier molecular flexibility index (Phi) is 6.87. The smallest absolute Gasteiger partial charge is 0.241 e. The Morgan fingerprint density at radius 2 is 1.68 bits per heavy atom. The van der Waals surface area contributed by atoms with Gasteiger partial charge in [0.15, 0.2) is 11.5 Å². The van der Waals surface area contributed by atoms with Gasteiger partial charge < -0.3 is 9.47 Å². The maximum absolute atomic E-state index is 12.1. The molecule has 0 aliphatic rings. The van der Waals surface area contributed by atoms with E-state index >= 15 is 0 Å². The molecule has 2 rings (SSSR count). The number of ether oxygens (including phenoxy) is 2. The molecule has 0 radical (unpaired) electrons. The lowest BCUT2D eigenvalue weighted by molar-refractivity contribution is 0.331. The van der Waals surface area contributed by atoms with Crippen LogP contribution in [0.4, 0.5) is 0 Å². The van der Waals surface area contributed by atoms with E-state index in [0.29, 0.717) is 11.5 Å². The van der Waals surface area contributed by atoms with Gasteiger partial charge in [0, 0.05) is 0 Å². The van der Waals surface area contributed by atoms with Crippen molar-refractivity contribution in [3.05, 3.63) is 54.1 Å². The number of benzene rings is 2. The van der Waals surface area contributed by atoms with Crippen LogP contribution in [0.1, 0.15) is 12.5 Å². The molecule has 2 aromatic carbocycles. The summed E-state index contributed by atoms with van der Waals surface area (Å²) in [6.07, 6.45) is 0.866.